The Kier molecular flexibility index (Phi) is 4.01. The number of hydrogen-bond donors (Lipinski definition) is 0. The summed E-state index contributed by atoms with van der Waals surface area (Å²) in [5, 5.41) is 1.33. The molecular weight excluding hydrogens is 234 g/mol. The molecular formula is C11H13Cl2P. The normalized spacial score (nSPS) is 25.4. The summed E-state index contributed by atoms with van der Waals surface area (Å²) in [4.78, 5) is 0. The van der Waals surface area contributed by atoms with Gasteiger partial charge in [0.25, 0.3) is 0 Å². The van der Waals surface area contributed by atoms with E-state index in [1.54, 1.807) is 0 Å². The summed E-state index contributed by atoms with van der Waals surface area (Å²) >= 11 is 6.63. The van der Waals surface area contributed by atoms with Gasteiger partial charge in [-0.25, -0.2) is 0 Å². The van der Waals surface area contributed by atoms with E-state index in [4.69, 9.17) is 11.2 Å². The van der Waals surface area contributed by atoms with Crippen LogP contribution in [0, 0.1) is 0 Å². The molecule has 0 radical (unpaired) electrons. The van der Waals surface area contributed by atoms with Crippen molar-refractivity contribution in [3.8, 4) is 0 Å². The molecule has 3 heteroatoms. The molecule has 0 nitrogen and oxygen atoms in total. The zero-order chi connectivity index (χ0) is 9.31. The van der Waals surface area contributed by atoms with E-state index in [1.807, 2.05) is 6.07 Å². The molecule has 1 atom stereocenters. The van der Waals surface area contributed by atoms with Crippen LogP contribution in [-0.4, -0.2) is 6.16 Å². The van der Waals surface area contributed by atoms with Gasteiger partial charge in [-0.1, -0.05) is 18.2 Å². The number of allylic oxidation sites excluding steroid dienone is 1. The highest BCUT2D eigenvalue weighted by Gasteiger charge is 2.40. The maximum atomic E-state index is 6.63. The Balaban J connectivity index is 0.000000980. The second-order valence-electron chi connectivity index (χ2n) is 3.56. The quantitative estimate of drug-likeness (QED) is 0.644. The lowest BCUT2D eigenvalue weighted by Crippen LogP contribution is -3.00. The number of rotatable bonds is 1. The van der Waals surface area contributed by atoms with Gasteiger partial charge in [0.05, 0.1) is 23.2 Å². The van der Waals surface area contributed by atoms with Crippen LogP contribution in [0.15, 0.2) is 41.7 Å². The summed E-state index contributed by atoms with van der Waals surface area (Å²) in [6.07, 6.45) is 2.32. The fourth-order valence-corrected chi connectivity index (χ4v) is 5.50. The predicted octanol–water partition coefficient (Wildman–Crippen LogP) is 0.795. The lowest BCUT2D eigenvalue weighted by atomic mass is 10.3. The van der Waals surface area contributed by atoms with Crippen LogP contribution in [0.1, 0.15) is 13.3 Å². The highest BCUT2D eigenvalue weighted by Crippen LogP contribution is 2.68. The fraction of sp³-hybridized carbons (Fsp3) is 0.273. The van der Waals surface area contributed by atoms with Gasteiger partial charge in [0.1, 0.15) is 5.30 Å². The SMILES string of the molecule is CC1=C[P+](Cl)(c2ccccc2)CC1.[Cl-]. The summed E-state index contributed by atoms with van der Waals surface area (Å²) in [7, 11) is 0. The highest BCUT2D eigenvalue weighted by atomic mass is 35.7. The Bertz CT molecular complexity index is 334. The van der Waals surface area contributed by atoms with Gasteiger partial charge in [-0.3, -0.25) is 0 Å². The molecule has 1 aromatic rings. The summed E-state index contributed by atoms with van der Waals surface area (Å²) in [6, 6.07) is 10.5. The Morgan fingerprint density at radius 2 is 1.86 bits per heavy atom. The Morgan fingerprint density at radius 3 is 2.36 bits per heavy atom. The third kappa shape index (κ3) is 2.31. The smallest absolute Gasteiger partial charge is 0.171 e. The summed E-state index contributed by atoms with van der Waals surface area (Å²) in [6.45, 7) is 0.755. The lowest BCUT2D eigenvalue weighted by Gasteiger charge is -2.08. The molecule has 0 bridgehead atoms. The van der Waals surface area contributed by atoms with Gasteiger partial charge in [-0.15, -0.1) is 0 Å². The zero-order valence-corrected chi connectivity index (χ0v) is 10.5. The van der Waals surface area contributed by atoms with E-state index < -0.39 is 6.62 Å². The minimum Gasteiger partial charge on any atom is -1.00 e. The topological polar surface area (TPSA) is 0 Å². The van der Waals surface area contributed by atoms with E-state index >= 15 is 0 Å². The first kappa shape index (κ1) is 12.0. The molecule has 1 unspecified atom stereocenters. The molecule has 14 heavy (non-hydrogen) atoms. The third-order valence-electron chi connectivity index (χ3n) is 2.44. The van der Waals surface area contributed by atoms with E-state index in [0.29, 0.717) is 0 Å². The van der Waals surface area contributed by atoms with Crippen molar-refractivity contribution in [2.75, 3.05) is 6.16 Å². The molecule has 0 amide bonds. The molecule has 1 aliphatic rings. The van der Waals surface area contributed by atoms with Gasteiger partial charge < -0.3 is 12.4 Å². The van der Waals surface area contributed by atoms with Crippen molar-refractivity contribution in [1.29, 1.82) is 0 Å². The van der Waals surface area contributed by atoms with Crippen molar-refractivity contribution in [2.24, 2.45) is 0 Å². The highest BCUT2D eigenvalue weighted by molar-refractivity contribution is 8.07. The first-order valence-corrected chi connectivity index (χ1v) is 7.47. The van der Waals surface area contributed by atoms with E-state index in [2.05, 4.69) is 37.0 Å². The molecule has 0 fully saturated rings. The number of halogens is 2. The molecule has 0 N–H and O–H groups in total. The first-order chi connectivity index (χ1) is 6.21. The molecule has 0 saturated carbocycles. The largest absolute Gasteiger partial charge is 1.00 e. The van der Waals surface area contributed by atoms with Crippen molar-refractivity contribution in [2.45, 2.75) is 13.3 Å². The van der Waals surface area contributed by atoms with Crippen LogP contribution < -0.4 is 17.7 Å². The van der Waals surface area contributed by atoms with Crippen molar-refractivity contribution in [3.05, 3.63) is 41.7 Å². The molecule has 2 rings (SSSR count). The van der Waals surface area contributed by atoms with Crippen LogP contribution >= 0.6 is 17.9 Å². The van der Waals surface area contributed by atoms with E-state index in [-0.39, 0.29) is 12.4 Å². The van der Waals surface area contributed by atoms with Crippen LogP contribution in [-0.2, 0) is 0 Å². The van der Waals surface area contributed by atoms with E-state index in [0.717, 1.165) is 6.16 Å². The summed E-state index contributed by atoms with van der Waals surface area (Å²) in [5.41, 5.74) is 1.45. The van der Waals surface area contributed by atoms with Crippen LogP contribution in [0.2, 0.25) is 0 Å². The first-order valence-electron chi connectivity index (χ1n) is 4.52. The van der Waals surface area contributed by atoms with Gasteiger partial charge in [0, 0.05) is 6.42 Å². The second kappa shape index (κ2) is 4.66. The van der Waals surface area contributed by atoms with Gasteiger partial charge >= 0.3 is 0 Å². The molecule has 1 aliphatic heterocycles. The molecule has 0 aliphatic carbocycles. The van der Waals surface area contributed by atoms with Crippen LogP contribution in [0.3, 0.4) is 0 Å². The monoisotopic (exact) mass is 246 g/mol. The third-order valence-corrected chi connectivity index (χ3v) is 6.71. The Hall–Kier alpha value is -0.0300. The minimum absolute atomic E-state index is 0. The summed E-state index contributed by atoms with van der Waals surface area (Å²) < 4.78 is 0. The molecule has 1 aromatic carbocycles. The minimum atomic E-state index is -1.42. The van der Waals surface area contributed by atoms with Gasteiger partial charge in [-0.05, 0) is 24.6 Å². The average molecular weight is 247 g/mol. The Labute approximate surface area is 96.9 Å². The lowest BCUT2D eigenvalue weighted by molar-refractivity contribution is -0.00000259. The van der Waals surface area contributed by atoms with Crippen LogP contribution in [0.25, 0.3) is 0 Å². The molecule has 0 spiro atoms. The maximum Gasteiger partial charge on any atom is 0.171 e. The van der Waals surface area contributed by atoms with Crippen molar-refractivity contribution in [3.63, 3.8) is 0 Å². The second-order valence-corrected chi connectivity index (χ2v) is 8.13. The van der Waals surface area contributed by atoms with Crippen molar-refractivity contribution in [1.82, 2.24) is 0 Å². The molecule has 76 valence electrons. The van der Waals surface area contributed by atoms with Gasteiger partial charge in [-0.2, -0.15) is 0 Å². The van der Waals surface area contributed by atoms with Crippen LogP contribution in [0.5, 0.6) is 0 Å². The van der Waals surface area contributed by atoms with Crippen molar-refractivity contribution < 1.29 is 12.4 Å². The zero-order valence-electron chi connectivity index (χ0n) is 8.08. The van der Waals surface area contributed by atoms with Crippen molar-refractivity contribution >= 4 is 23.2 Å². The van der Waals surface area contributed by atoms with E-state index in [9.17, 15) is 0 Å². The molecule has 1 heterocycles. The van der Waals surface area contributed by atoms with E-state index in [1.165, 1.54) is 17.3 Å². The molecule has 0 saturated heterocycles. The maximum absolute atomic E-state index is 6.63. The Morgan fingerprint density at radius 1 is 1.21 bits per heavy atom. The van der Waals surface area contributed by atoms with Gasteiger partial charge in [0.2, 0.25) is 0 Å². The summed E-state index contributed by atoms with van der Waals surface area (Å²) in [5.74, 6) is 2.30. The predicted molar refractivity (Wildman–Crippen MR) is 62.1 cm³/mol. The fourth-order valence-electron chi connectivity index (χ4n) is 1.70. The van der Waals surface area contributed by atoms with Crippen LogP contribution in [0.4, 0.5) is 0 Å². The van der Waals surface area contributed by atoms with Gasteiger partial charge in [0.15, 0.2) is 6.62 Å². The molecule has 0 aromatic heterocycles. The standard InChI is InChI=1S/C11H13ClP.ClH/c1-10-7-8-13(12,9-10)11-5-3-2-4-6-11;/h2-6,9H,7-8H2,1H3;1H/q+1;/p-1. The average Bonchev–Trinajstić information content (AvgIpc) is 2.49. The number of hydrogen-bond acceptors (Lipinski definition) is 0. The number of benzene rings is 1.